The van der Waals surface area contributed by atoms with Gasteiger partial charge in [-0.25, -0.2) is 4.79 Å². The number of amides is 3. The molecule has 3 amide bonds. The number of aliphatic hydroxyl groups is 1. The zero-order valence-electron chi connectivity index (χ0n) is 24.1. The molecule has 0 aromatic heterocycles. The molecule has 18 nitrogen and oxygen atoms in total. The number of aliphatic hydroxyl groups excluding tert-OH is 1. The van der Waals surface area contributed by atoms with Crippen molar-refractivity contribution in [1.29, 1.82) is 0 Å². The Kier molecular flexibility index (Phi) is 13.8. The Labute approximate surface area is 256 Å². The van der Waals surface area contributed by atoms with Crippen LogP contribution in [0.3, 0.4) is 0 Å². The van der Waals surface area contributed by atoms with Gasteiger partial charge >= 0.3 is 17.9 Å². The van der Waals surface area contributed by atoms with Crippen LogP contribution in [-0.2, 0) is 33.5 Å². The summed E-state index contributed by atoms with van der Waals surface area (Å²) >= 11 is 1.16. The number of carboxylic acid groups (broad SMARTS) is 2. The third-order valence-corrected chi connectivity index (χ3v) is 8.10. The third kappa shape index (κ3) is 10.4. The van der Waals surface area contributed by atoms with Gasteiger partial charge in [0.15, 0.2) is 5.96 Å². The van der Waals surface area contributed by atoms with E-state index in [2.05, 4.69) is 15.6 Å². The van der Waals surface area contributed by atoms with Gasteiger partial charge in [-0.3, -0.25) is 33.9 Å². The molecule has 44 heavy (non-hydrogen) atoms. The van der Waals surface area contributed by atoms with Gasteiger partial charge in [0, 0.05) is 24.3 Å². The van der Waals surface area contributed by atoms with Gasteiger partial charge in [-0.05, 0) is 32.6 Å². The quantitative estimate of drug-likeness (QED) is 0.0230. The molecule has 0 bridgehead atoms. The molecule has 0 spiro atoms. The molecule has 1 fully saturated rings. The number of aliphatic imine (C=N–C) groups is 1. The highest BCUT2D eigenvalue weighted by Gasteiger charge is 2.54. The smallest absolute Gasteiger partial charge is 0.352 e. The third-order valence-electron chi connectivity index (χ3n) is 6.76. The van der Waals surface area contributed by atoms with E-state index in [1.807, 2.05) is 0 Å². The molecule has 2 heterocycles. The number of thioether (sulfide) groups is 1. The van der Waals surface area contributed by atoms with E-state index in [1.54, 1.807) is 0 Å². The summed E-state index contributed by atoms with van der Waals surface area (Å²) in [5.74, 6) is -5.27. The number of carbonyl (C=O) groups excluding carboxylic acids is 4. The second-order valence-corrected chi connectivity index (χ2v) is 11.4. The lowest BCUT2D eigenvalue weighted by Gasteiger charge is -2.49. The fourth-order valence-electron chi connectivity index (χ4n) is 4.38. The van der Waals surface area contributed by atoms with E-state index in [9.17, 15) is 39.0 Å². The highest BCUT2D eigenvalue weighted by atomic mass is 32.2. The van der Waals surface area contributed by atoms with E-state index in [1.165, 1.54) is 6.92 Å². The molecule has 2 aliphatic heterocycles. The van der Waals surface area contributed by atoms with Crippen LogP contribution in [0.4, 0.5) is 0 Å². The van der Waals surface area contributed by atoms with Crippen molar-refractivity contribution in [3.8, 4) is 0 Å². The molecule has 0 aromatic rings. The zero-order chi connectivity index (χ0) is 33.1. The van der Waals surface area contributed by atoms with Gasteiger partial charge < -0.3 is 53.6 Å². The standard InChI is InChI=1S/C25H40N8O10S/c1-11(26)20(37)31-14(5-3-7-30-25(28)29)15(34)8-17(36)43-9-12-10-44-22-18(21(38)33(22)19(12)24(41)42)32-16(35)6-2-4-13(27)23(39)40/h11,13-15,18,22,34H,2-10,26-27H2,1H3,(H,31,37)(H,32,35)(H,39,40)(H,41,42)(H4,28,29,30)/t11-,13+,14-,15+,18+,22?/m0/s1. The van der Waals surface area contributed by atoms with Gasteiger partial charge in [-0.1, -0.05) is 0 Å². The number of nitrogens with zero attached hydrogens (tertiary/aromatic N) is 2. The molecule has 6 atom stereocenters. The van der Waals surface area contributed by atoms with E-state index < -0.39 is 84.3 Å². The summed E-state index contributed by atoms with van der Waals surface area (Å²) in [5.41, 5.74) is 21.4. The predicted molar refractivity (Wildman–Crippen MR) is 156 cm³/mol. The average molecular weight is 645 g/mol. The van der Waals surface area contributed by atoms with Crippen LogP contribution in [-0.4, -0.2) is 116 Å². The molecule has 1 saturated heterocycles. The first-order valence-corrected chi connectivity index (χ1v) is 14.8. The lowest BCUT2D eigenvalue weighted by Crippen LogP contribution is -2.70. The fraction of sp³-hybridized carbons (Fsp3) is 0.640. The van der Waals surface area contributed by atoms with Crippen LogP contribution in [0.1, 0.15) is 45.4 Å². The number of nitrogens with two attached hydrogens (primary N) is 4. The summed E-state index contributed by atoms with van der Waals surface area (Å²) in [7, 11) is 0. The molecule has 0 aliphatic carbocycles. The zero-order valence-corrected chi connectivity index (χ0v) is 25.0. The van der Waals surface area contributed by atoms with Crippen LogP contribution in [0.25, 0.3) is 0 Å². The number of carbonyl (C=O) groups is 6. The number of hydrogen-bond acceptors (Lipinski definition) is 12. The summed E-state index contributed by atoms with van der Waals surface area (Å²) in [6.45, 7) is 1.20. The fourth-order valence-corrected chi connectivity index (χ4v) is 5.71. The van der Waals surface area contributed by atoms with Crippen molar-refractivity contribution in [3.05, 3.63) is 11.3 Å². The van der Waals surface area contributed by atoms with Crippen LogP contribution in [0.5, 0.6) is 0 Å². The molecule has 0 saturated carbocycles. The molecule has 246 valence electrons. The number of carboxylic acids is 2. The second kappa shape index (κ2) is 16.8. The van der Waals surface area contributed by atoms with Crippen molar-refractivity contribution in [2.75, 3.05) is 18.9 Å². The van der Waals surface area contributed by atoms with Crippen molar-refractivity contribution in [2.45, 2.75) is 81.1 Å². The van der Waals surface area contributed by atoms with Crippen molar-refractivity contribution in [3.63, 3.8) is 0 Å². The minimum Gasteiger partial charge on any atom is -0.480 e. The molecule has 2 rings (SSSR count). The Morgan fingerprint density at radius 2 is 1.82 bits per heavy atom. The normalized spacial score (nSPS) is 20.3. The first kappa shape index (κ1) is 36.3. The van der Waals surface area contributed by atoms with Crippen molar-refractivity contribution in [2.24, 2.45) is 27.9 Å². The van der Waals surface area contributed by atoms with E-state index in [0.29, 0.717) is 6.42 Å². The average Bonchev–Trinajstić information content (AvgIpc) is 2.94. The number of guanidine groups is 1. The number of nitrogens with one attached hydrogen (secondary N) is 2. The summed E-state index contributed by atoms with van der Waals surface area (Å²) in [6.07, 6.45) is -1.15. The molecular weight excluding hydrogens is 604 g/mol. The maximum absolute atomic E-state index is 12.8. The number of rotatable bonds is 18. The minimum absolute atomic E-state index is 0.0666. The molecular formula is C25H40N8O10S. The van der Waals surface area contributed by atoms with Gasteiger partial charge in [-0.2, -0.15) is 0 Å². The second-order valence-electron chi connectivity index (χ2n) is 10.3. The SMILES string of the molecule is C[C@H](N)C(=O)N[C@@H](CCCN=C(N)N)[C@H](O)CC(=O)OCC1=C(C(=O)O)N2C(=O)[C@@H](NC(=O)CCC[C@@H](N)C(=O)O)C2SC1. The van der Waals surface area contributed by atoms with Gasteiger partial charge in [0.1, 0.15) is 29.8 Å². The van der Waals surface area contributed by atoms with Crippen LogP contribution >= 0.6 is 11.8 Å². The number of aliphatic carboxylic acids is 2. The highest BCUT2D eigenvalue weighted by molar-refractivity contribution is 8.00. The van der Waals surface area contributed by atoms with Gasteiger partial charge in [-0.15, -0.1) is 11.8 Å². The maximum atomic E-state index is 12.8. The molecule has 19 heteroatoms. The van der Waals surface area contributed by atoms with E-state index in [0.717, 1.165) is 16.7 Å². The van der Waals surface area contributed by atoms with Crippen LogP contribution in [0, 0.1) is 0 Å². The van der Waals surface area contributed by atoms with E-state index in [4.69, 9.17) is 32.8 Å². The highest BCUT2D eigenvalue weighted by Crippen LogP contribution is 2.40. The van der Waals surface area contributed by atoms with Gasteiger partial charge in [0.05, 0.1) is 24.6 Å². The largest absolute Gasteiger partial charge is 0.480 e. The molecule has 0 radical (unpaired) electrons. The van der Waals surface area contributed by atoms with Gasteiger partial charge in [0.2, 0.25) is 11.8 Å². The first-order chi connectivity index (χ1) is 20.6. The van der Waals surface area contributed by atoms with E-state index in [-0.39, 0.29) is 55.2 Å². The van der Waals surface area contributed by atoms with Gasteiger partial charge in [0.25, 0.3) is 5.91 Å². The molecule has 1 unspecified atom stereocenters. The molecule has 13 N–H and O–H groups in total. The molecule has 0 aromatic carbocycles. The van der Waals surface area contributed by atoms with Crippen molar-refractivity contribution in [1.82, 2.24) is 15.5 Å². The molecule has 2 aliphatic rings. The van der Waals surface area contributed by atoms with Crippen molar-refractivity contribution < 1.29 is 48.8 Å². The monoisotopic (exact) mass is 644 g/mol. The first-order valence-electron chi connectivity index (χ1n) is 13.8. The number of ether oxygens (including phenoxy) is 1. The lowest BCUT2D eigenvalue weighted by atomic mass is 10.0. The number of hydrogen-bond donors (Lipinski definition) is 9. The van der Waals surface area contributed by atoms with Crippen LogP contribution in [0.15, 0.2) is 16.3 Å². The maximum Gasteiger partial charge on any atom is 0.352 e. The lowest BCUT2D eigenvalue weighted by molar-refractivity contribution is -0.151. The predicted octanol–water partition coefficient (Wildman–Crippen LogP) is -3.51. The summed E-state index contributed by atoms with van der Waals surface area (Å²) in [5, 5.41) is 33.7. The number of β-lactam (4-membered cyclic amide) rings is 1. The Morgan fingerprint density at radius 1 is 1.14 bits per heavy atom. The van der Waals surface area contributed by atoms with Crippen LogP contribution in [0.2, 0.25) is 0 Å². The Hall–Kier alpha value is -3.94. The Balaban J connectivity index is 1.97. The summed E-state index contributed by atoms with van der Waals surface area (Å²) < 4.78 is 5.22. The van der Waals surface area contributed by atoms with E-state index >= 15 is 0 Å². The Bertz CT molecular complexity index is 1180. The van der Waals surface area contributed by atoms with Crippen LogP contribution < -0.4 is 33.6 Å². The van der Waals surface area contributed by atoms with Crippen molar-refractivity contribution >= 4 is 53.4 Å². The Morgan fingerprint density at radius 3 is 2.41 bits per heavy atom. The topological polar surface area (TPSA) is 316 Å². The number of fused-ring (bicyclic) bond motifs is 1. The minimum atomic E-state index is -1.43. The summed E-state index contributed by atoms with van der Waals surface area (Å²) in [4.78, 5) is 77.4. The number of esters is 1. The summed E-state index contributed by atoms with van der Waals surface area (Å²) in [6, 6.07) is -3.84.